The first kappa shape index (κ1) is 16.6. The molecule has 6 heteroatoms. The van der Waals surface area contributed by atoms with E-state index in [9.17, 15) is 4.79 Å². The maximum atomic E-state index is 12.5. The Balaban J connectivity index is 2.14. The third-order valence-electron chi connectivity index (χ3n) is 4.22. The minimum Gasteiger partial charge on any atom is -0.497 e. The second kappa shape index (κ2) is 5.70. The standard InChI is InChI=1S/C18H23NO5/c1-6-22-18(4)11-17(2,3)19-15(23-18)14(16(20)24-19)12-7-9-13(21-5)10-8-12/h7-10H,6,11H2,1-5H3. The zero-order chi connectivity index (χ0) is 17.5. The monoisotopic (exact) mass is 333 g/mol. The molecule has 0 radical (unpaired) electrons. The molecule has 1 aromatic heterocycles. The van der Waals surface area contributed by atoms with Gasteiger partial charge in [-0.05, 0) is 38.5 Å². The molecule has 1 unspecified atom stereocenters. The normalized spacial score (nSPS) is 21.9. The van der Waals surface area contributed by atoms with Crippen molar-refractivity contribution in [2.45, 2.75) is 45.4 Å². The van der Waals surface area contributed by atoms with Gasteiger partial charge in [0, 0.05) is 20.0 Å². The summed E-state index contributed by atoms with van der Waals surface area (Å²) in [4.78, 5) is 12.5. The quantitative estimate of drug-likeness (QED) is 0.858. The van der Waals surface area contributed by atoms with Gasteiger partial charge in [-0.25, -0.2) is 4.79 Å². The Hall–Kier alpha value is -2.21. The minimum absolute atomic E-state index is 0.399. The van der Waals surface area contributed by atoms with Crippen molar-refractivity contribution in [2.24, 2.45) is 0 Å². The van der Waals surface area contributed by atoms with Gasteiger partial charge in [0.05, 0.1) is 12.6 Å². The summed E-state index contributed by atoms with van der Waals surface area (Å²) in [5, 5.41) is 0. The fourth-order valence-corrected chi connectivity index (χ4v) is 3.33. The van der Waals surface area contributed by atoms with E-state index in [4.69, 9.17) is 18.7 Å². The third kappa shape index (κ3) is 2.71. The summed E-state index contributed by atoms with van der Waals surface area (Å²) in [7, 11) is 1.60. The molecular weight excluding hydrogens is 310 g/mol. The second-order valence-electron chi connectivity index (χ2n) is 6.74. The fraction of sp³-hybridized carbons (Fsp3) is 0.500. The van der Waals surface area contributed by atoms with Gasteiger partial charge in [0.2, 0.25) is 11.7 Å². The molecule has 1 aliphatic heterocycles. The third-order valence-corrected chi connectivity index (χ3v) is 4.22. The highest BCUT2D eigenvalue weighted by Gasteiger charge is 2.46. The lowest BCUT2D eigenvalue weighted by Crippen LogP contribution is -2.48. The summed E-state index contributed by atoms with van der Waals surface area (Å²) in [6.45, 7) is 8.32. The first-order valence-electron chi connectivity index (χ1n) is 8.04. The minimum atomic E-state index is -0.810. The molecule has 24 heavy (non-hydrogen) atoms. The molecule has 0 amide bonds. The smallest absolute Gasteiger partial charge is 0.369 e. The van der Waals surface area contributed by atoms with E-state index in [0.29, 0.717) is 24.5 Å². The van der Waals surface area contributed by atoms with E-state index in [-0.39, 0.29) is 0 Å². The van der Waals surface area contributed by atoms with Crippen molar-refractivity contribution < 1.29 is 18.7 Å². The number of hydrogen-bond acceptors (Lipinski definition) is 5. The molecule has 0 N–H and O–H groups in total. The van der Waals surface area contributed by atoms with Gasteiger partial charge >= 0.3 is 5.63 Å². The largest absolute Gasteiger partial charge is 0.497 e. The Bertz CT molecular complexity index is 787. The van der Waals surface area contributed by atoms with E-state index in [1.807, 2.05) is 39.8 Å². The van der Waals surface area contributed by atoms with Crippen LogP contribution in [0.3, 0.4) is 0 Å². The van der Waals surface area contributed by atoms with E-state index in [0.717, 1.165) is 11.3 Å². The maximum Gasteiger partial charge on any atom is 0.369 e. The molecule has 1 aliphatic rings. The summed E-state index contributed by atoms with van der Waals surface area (Å²) in [6.07, 6.45) is 0.570. The maximum absolute atomic E-state index is 12.5. The van der Waals surface area contributed by atoms with Crippen LogP contribution in [0, 0.1) is 0 Å². The van der Waals surface area contributed by atoms with Crippen LogP contribution in [-0.4, -0.2) is 24.2 Å². The second-order valence-corrected chi connectivity index (χ2v) is 6.74. The number of nitrogens with zero attached hydrogens (tertiary/aromatic N) is 1. The zero-order valence-electron chi connectivity index (χ0n) is 14.7. The van der Waals surface area contributed by atoms with Crippen LogP contribution in [-0.2, 0) is 10.3 Å². The zero-order valence-corrected chi connectivity index (χ0v) is 14.7. The molecule has 2 heterocycles. The molecule has 130 valence electrons. The molecule has 3 rings (SSSR count). The number of methoxy groups -OCH3 is 1. The van der Waals surface area contributed by atoms with Crippen LogP contribution in [0.15, 0.2) is 33.6 Å². The van der Waals surface area contributed by atoms with Crippen molar-refractivity contribution in [2.75, 3.05) is 13.7 Å². The van der Waals surface area contributed by atoms with Crippen LogP contribution in [0.5, 0.6) is 11.6 Å². The van der Waals surface area contributed by atoms with E-state index >= 15 is 0 Å². The Kier molecular flexibility index (Phi) is 3.95. The average molecular weight is 333 g/mol. The summed E-state index contributed by atoms with van der Waals surface area (Å²) >= 11 is 0. The van der Waals surface area contributed by atoms with Crippen LogP contribution < -0.4 is 15.1 Å². The van der Waals surface area contributed by atoms with Gasteiger partial charge in [-0.3, -0.25) is 0 Å². The molecule has 1 atom stereocenters. The van der Waals surface area contributed by atoms with Gasteiger partial charge in [-0.1, -0.05) is 12.1 Å². The number of benzene rings is 1. The predicted octanol–water partition coefficient (Wildman–Crippen LogP) is 3.39. The molecule has 0 spiro atoms. The number of fused-ring (bicyclic) bond motifs is 1. The van der Waals surface area contributed by atoms with Gasteiger partial charge in [-0.2, -0.15) is 4.74 Å². The molecule has 1 aromatic carbocycles. The molecule has 0 fully saturated rings. The highest BCUT2D eigenvalue weighted by Crippen LogP contribution is 2.43. The number of aromatic nitrogens is 1. The molecule has 0 saturated heterocycles. The highest BCUT2D eigenvalue weighted by molar-refractivity contribution is 5.68. The van der Waals surface area contributed by atoms with Crippen LogP contribution in [0.25, 0.3) is 11.1 Å². The fourth-order valence-electron chi connectivity index (χ4n) is 3.33. The van der Waals surface area contributed by atoms with Crippen molar-refractivity contribution in [3.8, 4) is 22.8 Å². The lowest BCUT2D eigenvalue weighted by Gasteiger charge is -2.42. The number of rotatable bonds is 4. The first-order chi connectivity index (χ1) is 11.3. The number of hydrogen-bond donors (Lipinski definition) is 0. The van der Waals surface area contributed by atoms with Crippen molar-refractivity contribution in [3.63, 3.8) is 0 Å². The SMILES string of the molecule is CCOC1(C)CC(C)(C)n2oc(=O)c(-c3ccc(OC)cc3)c2O1. The Labute approximate surface area is 140 Å². The molecule has 0 saturated carbocycles. The van der Waals surface area contributed by atoms with Crippen molar-refractivity contribution in [1.29, 1.82) is 0 Å². The molecule has 0 bridgehead atoms. The predicted molar refractivity (Wildman–Crippen MR) is 89.6 cm³/mol. The van der Waals surface area contributed by atoms with E-state index in [1.165, 1.54) is 0 Å². The summed E-state index contributed by atoms with van der Waals surface area (Å²) in [5.74, 6) is 0.310. The topological polar surface area (TPSA) is 62.8 Å². The van der Waals surface area contributed by atoms with Crippen LogP contribution in [0.2, 0.25) is 0 Å². The Morgan fingerprint density at radius 3 is 2.46 bits per heavy atom. The summed E-state index contributed by atoms with van der Waals surface area (Å²) in [5.41, 5.74) is 0.247. The Morgan fingerprint density at radius 1 is 1.21 bits per heavy atom. The highest BCUT2D eigenvalue weighted by atomic mass is 16.7. The number of ether oxygens (including phenoxy) is 3. The first-order valence-corrected chi connectivity index (χ1v) is 8.04. The summed E-state index contributed by atoms with van der Waals surface area (Å²) in [6, 6.07) is 7.23. The van der Waals surface area contributed by atoms with E-state index in [1.54, 1.807) is 24.0 Å². The van der Waals surface area contributed by atoms with Crippen LogP contribution in [0.4, 0.5) is 0 Å². The van der Waals surface area contributed by atoms with Crippen molar-refractivity contribution in [1.82, 2.24) is 4.74 Å². The van der Waals surface area contributed by atoms with Gasteiger partial charge in [-0.15, -0.1) is 0 Å². The van der Waals surface area contributed by atoms with E-state index < -0.39 is 17.0 Å². The van der Waals surface area contributed by atoms with Crippen LogP contribution in [0.1, 0.15) is 34.1 Å². The molecular formula is C18H23NO5. The lowest BCUT2D eigenvalue weighted by molar-refractivity contribution is -0.212. The lowest BCUT2D eigenvalue weighted by atomic mass is 9.93. The van der Waals surface area contributed by atoms with Gasteiger partial charge in [0.25, 0.3) is 0 Å². The van der Waals surface area contributed by atoms with Gasteiger partial charge < -0.3 is 18.7 Å². The molecule has 6 nitrogen and oxygen atoms in total. The average Bonchev–Trinajstić information content (AvgIpc) is 2.83. The Morgan fingerprint density at radius 2 is 1.88 bits per heavy atom. The van der Waals surface area contributed by atoms with Crippen LogP contribution >= 0.6 is 0 Å². The van der Waals surface area contributed by atoms with Gasteiger partial charge in [0.15, 0.2) is 0 Å². The molecule has 2 aromatic rings. The molecule has 0 aliphatic carbocycles. The van der Waals surface area contributed by atoms with Gasteiger partial charge in [0.1, 0.15) is 11.3 Å². The van der Waals surface area contributed by atoms with Crippen molar-refractivity contribution in [3.05, 3.63) is 34.7 Å². The van der Waals surface area contributed by atoms with Crippen molar-refractivity contribution >= 4 is 0 Å². The van der Waals surface area contributed by atoms with E-state index in [2.05, 4.69) is 0 Å². The summed E-state index contributed by atoms with van der Waals surface area (Å²) < 4.78 is 24.1.